The van der Waals surface area contributed by atoms with Gasteiger partial charge in [0.1, 0.15) is 0 Å². The maximum absolute atomic E-state index is 8.11. The van der Waals surface area contributed by atoms with Gasteiger partial charge in [-0.25, -0.2) is 0 Å². The summed E-state index contributed by atoms with van der Waals surface area (Å²) >= 11 is 29.4. The SMILES string of the molecule is Clc1ccc(-c2c3c(c(-c4ccc(Cl)cc4)c4ccccc24)-c2ccc4c5c(Cl)c6c7ccc8c9ccc%10c%11c(ccc(c%12ccc(c6c(Cl)c5c5ccc-3c2c54)c7c%128)c%119)=c2c(-c3ccccc3)ccc(-c3ccccc3)c2=%10)cc1. The summed E-state index contributed by atoms with van der Waals surface area (Å²) in [6.45, 7) is 0. The molecule has 0 spiro atoms. The summed E-state index contributed by atoms with van der Waals surface area (Å²) in [5, 5.41) is 31.4. The van der Waals surface area contributed by atoms with Gasteiger partial charge in [-0.3, -0.25) is 0 Å². The fourth-order valence-corrected chi connectivity index (χ4v) is 16.5. The average Bonchev–Trinajstić information content (AvgIpc) is 3.72. The Kier molecular flexibility index (Phi) is 8.59. The minimum Gasteiger partial charge on any atom is -0.0843 e. The molecular weight excluding hydrogens is 1050 g/mol. The molecule has 368 valence electrons. The van der Waals surface area contributed by atoms with Crippen LogP contribution in [0.5, 0.6) is 0 Å². The highest BCUT2D eigenvalue weighted by atomic mass is 35.5. The van der Waals surface area contributed by atoms with Crippen LogP contribution in [-0.2, 0) is 0 Å². The molecule has 17 aromatic rings. The van der Waals surface area contributed by atoms with E-state index >= 15 is 0 Å². The molecule has 0 nitrogen and oxygen atoms in total. The summed E-state index contributed by atoms with van der Waals surface area (Å²) in [6.07, 6.45) is 0. The Morgan fingerprint density at radius 2 is 0.512 bits per heavy atom. The zero-order valence-corrected chi connectivity index (χ0v) is 45.3. The van der Waals surface area contributed by atoms with E-state index in [1.54, 1.807) is 0 Å². The van der Waals surface area contributed by atoms with E-state index in [9.17, 15) is 0 Å². The van der Waals surface area contributed by atoms with E-state index in [2.05, 4.69) is 194 Å². The second kappa shape index (κ2) is 15.6. The second-order valence-corrected chi connectivity index (χ2v) is 23.7. The summed E-state index contributed by atoms with van der Waals surface area (Å²) in [7, 11) is 0. The van der Waals surface area contributed by atoms with Crippen molar-refractivity contribution < 1.29 is 0 Å². The van der Waals surface area contributed by atoms with Crippen LogP contribution >= 0.6 is 46.4 Å². The molecule has 0 saturated heterocycles. The third-order valence-electron chi connectivity index (χ3n) is 18.5. The van der Waals surface area contributed by atoms with Gasteiger partial charge in [0.05, 0.1) is 10.0 Å². The Bertz CT molecular complexity index is 5540. The van der Waals surface area contributed by atoms with Crippen molar-refractivity contribution in [3.05, 3.63) is 259 Å². The van der Waals surface area contributed by atoms with Gasteiger partial charge in [0.25, 0.3) is 0 Å². The lowest BCUT2D eigenvalue weighted by molar-refractivity contribution is 1.46. The molecule has 0 amide bonds. The number of fused-ring (bicyclic) bond motifs is 13. The van der Waals surface area contributed by atoms with Crippen LogP contribution in [0, 0.1) is 20.9 Å². The highest BCUT2D eigenvalue weighted by molar-refractivity contribution is 6.58. The van der Waals surface area contributed by atoms with Crippen molar-refractivity contribution >= 4 is 154 Å². The molecule has 0 heterocycles. The lowest BCUT2D eigenvalue weighted by Gasteiger charge is -2.20. The highest BCUT2D eigenvalue weighted by Crippen LogP contribution is 2.62. The van der Waals surface area contributed by atoms with Gasteiger partial charge in [-0.15, -0.1) is 0 Å². The Hall–Kier alpha value is -8.72. The molecule has 17 aromatic carbocycles. The largest absolute Gasteiger partial charge is 0.0843 e. The first-order valence-corrected chi connectivity index (χ1v) is 28.7. The quantitative estimate of drug-likeness (QED) is 0.122. The minimum atomic E-state index is 0.706. The third kappa shape index (κ3) is 5.37. The van der Waals surface area contributed by atoms with Gasteiger partial charge in [-0.2, -0.15) is 0 Å². The van der Waals surface area contributed by atoms with Gasteiger partial charge in [0, 0.05) is 31.6 Å². The van der Waals surface area contributed by atoms with Crippen molar-refractivity contribution in [3.8, 4) is 66.8 Å². The monoisotopic (exact) mass is 1090 g/mol. The van der Waals surface area contributed by atoms with Crippen LogP contribution in [0.2, 0.25) is 20.1 Å². The van der Waals surface area contributed by atoms with E-state index < -0.39 is 0 Å². The van der Waals surface area contributed by atoms with Crippen LogP contribution in [0.15, 0.2) is 218 Å². The molecule has 0 atom stereocenters. The molecule has 0 N–H and O–H groups in total. The van der Waals surface area contributed by atoms with E-state index in [1.165, 1.54) is 141 Å². The molecule has 19 rings (SSSR count). The van der Waals surface area contributed by atoms with Crippen LogP contribution in [0.25, 0.3) is 174 Å². The number of rotatable bonds is 4. The fourth-order valence-electron chi connectivity index (χ4n) is 15.4. The smallest absolute Gasteiger partial charge is 0.0576 e. The van der Waals surface area contributed by atoms with Gasteiger partial charge in [-0.05, 0) is 198 Å². The van der Waals surface area contributed by atoms with E-state index in [4.69, 9.17) is 46.4 Å². The molecular formula is C76H36Cl4. The molecule has 0 aliphatic heterocycles. The number of benzene rings is 15. The normalized spacial score (nSPS) is 12.8. The van der Waals surface area contributed by atoms with Crippen molar-refractivity contribution in [1.82, 2.24) is 0 Å². The summed E-state index contributed by atoms with van der Waals surface area (Å²) in [4.78, 5) is 0. The van der Waals surface area contributed by atoms with Crippen molar-refractivity contribution in [2.45, 2.75) is 0 Å². The van der Waals surface area contributed by atoms with Crippen molar-refractivity contribution in [1.29, 1.82) is 0 Å². The Balaban J connectivity index is 0.896. The Labute approximate surface area is 476 Å². The average molecular weight is 1090 g/mol. The van der Waals surface area contributed by atoms with Crippen LogP contribution in [0.4, 0.5) is 0 Å². The number of halogens is 4. The highest BCUT2D eigenvalue weighted by Gasteiger charge is 2.34. The zero-order valence-electron chi connectivity index (χ0n) is 42.3. The maximum Gasteiger partial charge on any atom is 0.0576 e. The maximum atomic E-state index is 8.11. The van der Waals surface area contributed by atoms with E-state index in [1.807, 2.05) is 24.3 Å². The van der Waals surface area contributed by atoms with Gasteiger partial charge < -0.3 is 0 Å². The Morgan fingerprint density at radius 1 is 0.188 bits per heavy atom. The van der Waals surface area contributed by atoms with Gasteiger partial charge in [0.2, 0.25) is 0 Å². The molecule has 2 aliphatic rings. The molecule has 0 bridgehead atoms. The van der Waals surface area contributed by atoms with Crippen molar-refractivity contribution in [2.75, 3.05) is 0 Å². The molecule has 0 fully saturated rings. The van der Waals surface area contributed by atoms with Gasteiger partial charge >= 0.3 is 0 Å². The lowest BCUT2D eigenvalue weighted by atomic mass is 9.82. The molecule has 80 heavy (non-hydrogen) atoms. The van der Waals surface area contributed by atoms with Crippen molar-refractivity contribution in [2.24, 2.45) is 0 Å². The molecule has 2 aliphatic carbocycles. The first-order chi connectivity index (χ1) is 39.4. The molecule has 0 unspecified atom stereocenters. The zero-order chi connectivity index (χ0) is 52.5. The summed E-state index contributed by atoms with van der Waals surface area (Å²) in [5.74, 6) is 0. The fraction of sp³-hybridized carbons (Fsp3) is 0. The first-order valence-electron chi connectivity index (χ1n) is 27.2. The Morgan fingerprint density at radius 3 is 0.938 bits per heavy atom. The topological polar surface area (TPSA) is 0 Å². The number of hydrogen-bond donors (Lipinski definition) is 0. The molecule has 0 radical (unpaired) electrons. The summed E-state index contributed by atoms with van der Waals surface area (Å²) in [6, 6.07) is 79.9. The van der Waals surface area contributed by atoms with Gasteiger partial charge in [-0.1, -0.05) is 241 Å². The molecule has 4 heteroatoms. The summed E-state index contributed by atoms with van der Waals surface area (Å²) < 4.78 is 0. The molecule has 0 saturated carbocycles. The molecule has 0 aromatic heterocycles. The standard InChI is InChI=1S/C76H36Cl4/c77-41-19-15-39(16-20-41)59-45-13-7-8-14-46(45)60(40-17-21-42(78)22-18-40)70-54-34-36-58-68-57(35-33-53(66(54)68)69(59)70)73-74(58)76(80)72-56-32-28-50-48-26-30-52-62-44(38-11-5-2-6-12-38)24-23-43(37-9-3-1-4-10-37)61(62)51-29-25-47(63(48)65(51)52)49-27-31-55(67(56)64(49)50)71(72)75(73)79/h1-36H. The number of hydrogen-bond acceptors (Lipinski definition) is 0. The predicted molar refractivity (Wildman–Crippen MR) is 343 cm³/mol. The van der Waals surface area contributed by atoms with Crippen LogP contribution in [0.1, 0.15) is 0 Å². The predicted octanol–water partition coefficient (Wildman–Crippen LogP) is 23.3. The van der Waals surface area contributed by atoms with Crippen LogP contribution in [0.3, 0.4) is 0 Å². The third-order valence-corrected chi connectivity index (χ3v) is 19.7. The van der Waals surface area contributed by atoms with E-state index in [-0.39, 0.29) is 0 Å². The van der Waals surface area contributed by atoms with Crippen LogP contribution in [-0.4, -0.2) is 0 Å². The van der Waals surface area contributed by atoms with E-state index in [0.717, 1.165) is 64.3 Å². The van der Waals surface area contributed by atoms with Gasteiger partial charge in [0.15, 0.2) is 0 Å². The lowest BCUT2D eigenvalue weighted by Crippen LogP contribution is -1.93. The summed E-state index contributed by atoms with van der Waals surface area (Å²) in [5.41, 5.74) is 14.4. The van der Waals surface area contributed by atoms with E-state index in [0.29, 0.717) is 10.0 Å². The van der Waals surface area contributed by atoms with Crippen molar-refractivity contribution in [3.63, 3.8) is 0 Å². The van der Waals surface area contributed by atoms with Crippen LogP contribution < -0.4 is 0 Å². The second-order valence-electron chi connectivity index (χ2n) is 22.0. The minimum absolute atomic E-state index is 0.706. The first kappa shape index (κ1) is 44.2.